The number of nitrogens with one attached hydrogen (secondary N) is 2. The molecular weight excluding hydrogens is 416 g/mol. The molecule has 0 saturated carbocycles. The van der Waals surface area contributed by atoms with Gasteiger partial charge in [0, 0.05) is 22.7 Å². The predicted molar refractivity (Wildman–Crippen MR) is 112 cm³/mol. The first kappa shape index (κ1) is 20.7. The quantitative estimate of drug-likeness (QED) is 0.475. The number of thiophene rings is 1. The molecule has 28 heavy (non-hydrogen) atoms. The third-order valence-electron chi connectivity index (χ3n) is 3.72. The Morgan fingerprint density at radius 1 is 1.07 bits per heavy atom. The highest BCUT2D eigenvalue weighted by Gasteiger charge is 2.16. The van der Waals surface area contributed by atoms with E-state index in [1.807, 2.05) is 18.2 Å². The second-order valence-corrected chi connectivity index (χ2v) is 10.1. The van der Waals surface area contributed by atoms with E-state index in [0.717, 1.165) is 22.0 Å². The van der Waals surface area contributed by atoms with E-state index in [0.29, 0.717) is 23.6 Å². The molecule has 0 aliphatic rings. The van der Waals surface area contributed by atoms with Crippen LogP contribution >= 0.6 is 23.1 Å². The van der Waals surface area contributed by atoms with E-state index in [4.69, 9.17) is 4.42 Å². The third kappa shape index (κ3) is 5.96. The van der Waals surface area contributed by atoms with Crippen molar-refractivity contribution in [2.75, 3.05) is 12.3 Å². The van der Waals surface area contributed by atoms with Gasteiger partial charge >= 0.3 is 0 Å². The van der Waals surface area contributed by atoms with Crippen molar-refractivity contribution in [3.05, 3.63) is 77.1 Å². The van der Waals surface area contributed by atoms with E-state index in [1.54, 1.807) is 54.4 Å². The number of rotatable bonds is 10. The molecule has 0 saturated heterocycles. The average Bonchev–Trinajstić information content (AvgIpc) is 3.39. The average molecular weight is 437 g/mol. The molecule has 0 radical (unpaired) electrons. The zero-order valence-corrected chi connectivity index (χ0v) is 17.4. The Morgan fingerprint density at radius 2 is 1.89 bits per heavy atom. The Bertz CT molecular complexity index is 983. The fourth-order valence-electron chi connectivity index (χ4n) is 2.34. The second-order valence-electron chi connectivity index (χ2n) is 5.80. The number of thioether (sulfide) groups is 1. The largest absolute Gasteiger partial charge is 0.468 e. The summed E-state index contributed by atoms with van der Waals surface area (Å²) in [6.45, 7) is 0.624. The van der Waals surface area contributed by atoms with Crippen molar-refractivity contribution >= 4 is 39.0 Å². The molecule has 1 amide bonds. The van der Waals surface area contributed by atoms with Gasteiger partial charge in [-0.3, -0.25) is 4.79 Å². The van der Waals surface area contributed by atoms with Gasteiger partial charge in [0.2, 0.25) is 10.0 Å². The molecule has 9 heteroatoms. The summed E-state index contributed by atoms with van der Waals surface area (Å²) in [4.78, 5) is 12.8. The first-order chi connectivity index (χ1) is 13.5. The molecule has 0 atom stereocenters. The maximum atomic E-state index is 12.4. The van der Waals surface area contributed by atoms with Crippen LogP contribution in [0.3, 0.4) is 0 Å². The first-order valence-electron chi connectivity index (χ1n) is 8.56. The highest BCUT2D eigenvalue weighted by Crippen LogP contribution is 2.21. The molecule has 2 aromatic heterocycles. The molecule has 3 aromatic rings. The van der Waals surface area contributed by atoms with E-state index in [2.05, 4.69) is 10.0 Å². The molecule has 148 valence electrons. The Balaban J connectivity index is 1.44. The summed E-state index contributed by atoms with van der Waals surface area (Å²) in [6.07, 6.45) is 1.62. The number of hydrogen-bond acceptors (Lipinski definition) is 6. The SMILES string of the molecule is O=C(NCc1ccc(S(=O)(=O)NCCSCc2ccco2)s1)c1ccccc1. The summed E-state index contributed by atoms with van der Waals surface area (Å²) in [6, 6.07) is 15.9. The van der Waals surface area contributed by atoms with Crippen molar-refractivity contribution in [3.8, 4) is 0 Å². The van der Waals surface area contributed by atoms with Gasteiger partial charge in [-0.2, -0.15) is 11.8 Å². The molecule has 0 aliphatic heterocycles. The van der Waals surface area contributed by atoms with Gasteiger partial charge in [-0.15, -0.1) is 11.3 Å². The van der Waals surface area contributed by atoms with Gasteiger partial charge in [0.05, 0.1) is 18.6 Å². The molecule has 0 bridgehead atoms. The van der Waals surface area contributed by atoms with Crippen LogP contribution in [0.4, 0.5) is 0 Å². The van der Waals surface area contributed by atoms with Crippen LogP contribution in [0.1, 0.15) is 21.0 Å². The fraction of sp³-hybridized carbons (Fsp3) is 0.211. The molecule has 0 fully saturated rings. The number of sulfonamides is 1. The maximum absolute atomic E-state index is 12.4. The molecule has 1 aromatic carbocycles. The van der Waals surface area contributed by atoms with Gasteiger partial charge in [0.15, 0.2) is 0 Å². The van der Waals surface area contributed by atoms with E-state index >= 15 is 0 Å². The highest BCUT2D eigenvalue weighted by molar-refractivity contribution is 7.98. The third-order valence-corrected chi connectivity index (χ3v) is 7.74. The standard InChI is InChI=1S/C19H20N2O4S3/c22-19(15-5-2-1-3-6-15)20-13-17-8-9-18(27-17)28(23,24)21-10-12-26-14-16-7-4-11-25-16/h1-9,11,21H,10,12-14H2,(H,20,22). The fourth-order valence-corrected chi connectivity index (χ4v) is 5.60. The monoisotopic (exact) mass is 436 g/mol. The van der Waals surface area contributed by atoms with Crippen molar-refractivity contribution in [1.29, 1.82) is 0 Å². The lowest BCUT2D eigenvalue weighted by Gasteiger charge is -2.05. The topological polar surface area (TPSA) is 88.4 Å². The molecule has 2 N–H and O–H groups in total. The van der Waals surface area contributed by atoms with Gasteiger partial charge in [-0.1, -0.05) is 18.2 Å². The normalized spacial score (nSPS) is 11.4. The molecule has 3 rings (SSSR count). The lowest BCUT2D eigenvalue weighted by molar-refractivity contribution is 0.0951. The minimum atomic E-state index is -3.55. The summed E-state index contributed by atoms with van der Waals surface area (Å²) in [5.41, 5.74) is 0.570. The number of furan rings is 1. The lowest BCUT2D eigenvalue weighted by atomic mass is 10.2. The summed E-state index contributed by atoms with van der Waals surface area (Å²) >= 11 is 2.75. The van der Waals surface area contributed by atoms with Crippen LogP contribution in [0.5, 0.6) is 0 Å². The molecule has 2 heterocycles. The zero-order chi connectivity index (χ0) is 19.8. The van der Waals surface area contributed by atoms with Crippen molar-refractivity contribution < 1.29 is 17.6 Å². The van der Waals surface area contributed by atoms with Crippen molar-refractivity contribution in [3.63, 3.8) is 0 Å². The number of hydrogen-bond donors (Lipinski definition) is 2. The Morgan fingerprint density at radius 3 is 2.64 bits per heavy atom. The van der Waals surface area contributed by atoms with Gasteiger partial charge < -0.3 is 9.73 Å². The smallest absolute Gasteiger partial charge is 0.251 e. The van der Waals surface area contributed by atoms with Crippen LogP contribution in [0.2, 0.25) is 0 Å². The van der Waals surface area contributed by atoms with E-state index < -0.39 is 10.0 Å². The Labute approximate surface area is 172 Å². The Kier molecular flexibility index (Phi) is 7.32. The van der Waals surface area contributed by atoms with Crippen molar-refractivity contribution in [1.82, 2.24) is 10.0 Å². The summed E-state index contributed by atoms with van der Waals surface area (Å²) < 4.78 is 32.8. The van der Waals surface area contributed by atoms with E-state index in [9.17, 15) is 13.2 Å². The molecule has 6 nitrogen and oxygen atoms in total. The van der Waals surface area contributed by atoms with Gasteiger partial charge in [0.1, 0.15) is 9.97 Å². The van der Waals surface area contributed by atoms with Crippen LogP contribution < -0.4 is 10.0 Å². The molecule has 0 aliphatic carbocycles. The molecule has 0 unspecified atom stereocenters. The van der Waals surface area contributed by atoms with Crippen LogP contribution in [0.15, 0.2) is 69.5 Å². The lowest BCUT2D eigenvalue weighted by Crippen LogP contribution is -2.25. The van der Waals surface area contributed by atoms with E-state index in [1.165, 1.54) is 0 Å². The van der Waals surface area contributed by atoms with Gasteiger partial charge in [-0.05, 0) is 36.4 Å². The molecular formula is C19H20N2O4S3. The first-order valence-corrected chi connectivity index (χ1v) is 12.0. The van der Waals surface area contributed by atoms with Crippen LogP contribution in [0, 0.1) is 0 Å². The van der Waals surface area contributed by atoms with Crippen LogP contribution in [-0.2, 0) is 22.3 Å². The predicted octanol–water partition coefficient (Wildman–Crippen LogP) is 3.48. The van der Waals surface area contributed by atoms with Crippen molar-refractivity contribution in [2.45, 2.75) is 16.5 Å². The minimum absolute atomic E-state index is 0.190. The number of amides is 1. The number of carbonyl (C=O) groups is 1. The second kappa shape index (κ2) is 9.92. The van der Waals surface area contributed by atoms with E-state index in [-0.39, 0.29) is 16.7 Å². The summed E-state index contributed by atoms with van der Waals surface area (Å²) in [5.74, 6) is 2.03. The summed E-state index contributed by atoms with van der Waals surface area (Å²) in [5, 5.41) is 2.80. The highest BCUT2D eigenvalue weighted by atomic mass is 32.2. The minimum Gasteiger partial charge on any atom is -0.468 e. The van der Waals surface area contributed by atoms with Gasteiger partial charge in [0.25, 0.3) is 5.91 Å². The molecule has 0 spiro atoms. The number of carbonyl (C=O) groups excluding carboxylic acids is 1. The summed E-state index contributed by atoms with van der Waals surface area (Å²) in [7, 11) is -3.55. The maximum Gasteiger partial charge on any atom is 0.251 e. The van der Waals surface area contributed by atoms with Crippen LogP contribution in [0.25, 0.3) is 0 Å². The number of benzene rings is 1. The van der Waals surface area contributed by atoms with Gasteiger partial charge in [-0.25, -0.2) is 13.1 Å². The zero-order valence-electron chi connectivity index (χ0n) is 15.0. The van der Waals surface area contributed by atoms with Crippen LogP contribution in [-0.4, -0.2) is 26.6 Å². The Hall–Kier alpha value is -2.07. The van der Waals surface area contributed by atoms with Crippen molar-refractivity contribution in [2.24, 2.45) is 0 Å².